The lowest BCUT2D eigenvalue weighted by Crippen LogP contribution is -2.45. The normalized spacial score (nSPS) is 26.9. The number of terminal acetylenes is 1. The second-order valence-electron chi connectivity index (χ2n) is 4.93. The first-order chi connectivity index (χ1) is 7.13. The molecule has 1 fully saturated rings. The molecule has 1 aliphatic heterocycles. The molecule has 0 bridgehead atoms. The summed E-state index contributed by atoms with van der Waals surface area (Å²) in [6, 6.07) is 1.02. The van der Waals surface area contributed by atoms with E-state index >= 15 is 0 Å². The quantitative estimate of drug-likeness (QED) is 0.708. The van der Waals surface area contributed by atoms with Crippen LogP contribution in [-0.4, -0.2) is 37.1 Å². The number of nitrogens with zero attached hydrogens (tertiary/aromatic N) is 1. The molecule has 1 heterocycles. The van der Waals surface area contributed by atoms with Crippen LogP contribution in [0.5, 0.6) is 0 Å². The maximum atomic E-state index is 5.31. The van der Waals surface area contributed by atoms with Crippen molar-refractivity contribution in [3.05, 3.63) is 0 Å². The Bertz CT molecular complexity index is 219. The Labute approximate surface area is 94.4 Å². The molecule has 86 valence electrons. The van der Waals surface area contributed by atoms with Crippen molar-refractivity contribution >= 4 is 0 Å². The lowest BCUT2D eigenvalue weighted by molar-refractivity contribution is 0.174. The minimum absolute atomic E-state index is 0.442. The van der Waals surface area contributed by atoms with E-state index in [0.29, 0.717) is 12.1 Å². The third-order valence-corrected chi connectivity index (χ3v) is 3.34. The van der Waals surface area contributed by atoms with Crippen LogP contribution in [0.1, 0.15) is 33.1 Å². The summed E-state index contributed by atoms with van der Waals surface area (Å²) in [4.78, 5) is 2.43. The van der Waals surface area contributed by atoms with Crippen LogP contribution in [0.25, 0.3) is 0 Å². The number of hydrogen-bond acceptors (Lipinski definition) is 2. The standard InChI is InChI=1S/C13H24N2/c1-5-7-11(2)14-12(3)13-8-6-9-15(4)10-13/h1,11-14H,6-10H2,2-4H3. The zero-order valence-electron chi connectivity index (χ0n) is 10.3. The molecule has 0 aromatic carbocycles. The average Bonchev–Trinajstić information content (AvgIpc) is 2.18. The third kappa shape index (κ3) is 4.24. The third-order valence-electron chi connectivity index (χ3n) is 3.34. The van der Waals surface area contributed by atoms with Crippen molar-refractivity contribution in [1.82, 2.24) is 10.2 Å². The highest BCUT2D eigenvalue weighted by molar-refractivity contribution is 4.90. The molecule has 0 aromatic rings. The van der Waals surface area contributed by atoms with Crippen LogP contribution in [0, 0.1) is 18.3 Å². The first-order valence-corrected chi connectivity index (χ1v) is 6.01. The fourth-order valence-corrected chi connectivity index (χ4v) is 2.43. The van der Waals surface area contributed by atoms with E-state index < -0.39 is 0 Å². The van der Waals surface area contributed by atoms with E-state index in [1.165, 1.54) is 25.9 Å². The highest BCUT2D eigenvalue weighted by atomic mass is 15.1. The van der Waals surface area contributed by atoms with Gasteiger partial charge in [-0.05, 0) is 46.2 Å². The van der Waals surface area contributed by atoms with Crippen LogP contribution in [0.4, 0.5) is 0 Å². The lowest BCUT2D eigenvalue weighted by Gasteiger charge is -2.35. The molecule has 15 heavy (non-hydrogen) atoms. The second-order valence-corrected chi connectivity index (χ2v) is 4.93. The highest BCUT2D eigenvalue weighted by Gasteiger charge is 2.23. The van der Waals surface area contributed by atoms with Crippen molar-refractivity contribution in [2.75, 3.05) is 20.1 Å². The van der Waals surface area contributed by atoms with Crippen molar-refractivity contribution in [1.29, 1.82) is 0 Å². The Morgan fingerprint density at radius 2 is 2.27 bits per heavy atom. The van der Waals surface area contributed by atoms with Crippen LogP contribution in [-0.2, 0) is 0 Å². The predicted octanol–water partition coefficient (Wildman–Crippen LogP) is 1.72. The smallest absolute Gasteiger partial charge is 0.0238 e. The molecule has 2 nitrogen and oxygen atoms in total. The number of hydrogen-bond donors (Lipinski definition) is 1. The molecule has 1 saturated heterocycles. The van der Waals surface area contributed by atoms with Gasteiger partial charge in [-0.15, -0.1) is 12.3 Å². The Kier molecular flexibility index (Phi) is 5.14. The number of rotatable bonds is 4. The molecule has 1 aliphatic rings. The van der Waals surface area contributed by atoms with Gasteiger partial charge < -0.3 is 10.2 Å². The van der Waals surface area contributed by atoms with Gasteiger partial charge in [0.1, 0.15) is 0 Å². The summed E-state index contributed by atoms with van der Waals surface area (Å²) in [5.74, 6) is 3.49. The van der Waals surface area contributed by atoms with Crippen LogP contribution < -0.4 is 5.32 Å². The maximum Gasteiger partial charge on any atom is 0.0238 e. The molecule has 3 unspecified atom stereocenters. The molecule has 0 aliphatic carbocycles. The summed E-state index contributed by atoms with van der Waals surface area (Å²) >= 11 is 0. The Hall–Kier alpha value is -0.520. The number of likely N-dealkylation sites (tertiary alicyclic amines) is 1. The minimum Gasteiger partial charge on any atom is -0.311 e. The van der Waals surface area contributed by atoms with Crippen LogP contribution in [0.3, 0.4) is 0 Å². The van der Waals surface area contributed by atoms with Crippen molar-refractivity contribution < 1.29 is 0 Å². The molecule has 2 heteroatoms. The van der Waals surface area contributed by atoms with Gasteiger partial charge in [-0.25, -0.2) is 0 Å². The zero-order valence-corrected chi connectivity index (χ0v) is 10.3. The summed E-state index contributed by atoms with van der Waals surface area (Å²) < 4.78 is 0. The number of nitrogens with one attached hydrogen (secondary N) is 1. The molecule has 0 radical (unpaired) electrons. The van der Waals surface area contributed by atoms with Gasteiger partial charge in [0, 0.05) is 25.0 Å². The van der Waals surface area contributed by atoms with Crippen LogP contribution in [0.15, 0.2) is 0 Å². The van der Waals surface area contributed by atoms with E-state index in [2.05, 4.69) is 37.0 Å². The fourth-order valence-electron chi connectivity index (χ4n) is 2.43. The molecular formula is C13H24N2. The summed E-state index contributed by atoms with van der Waals surface area (Å²) in [5, 5.41) is 3.60. The van der Waals surface area contributed by atoms with Gasteiger partial charge in [0.15, 0.2) is 0 Å². The summed E-state index contributed by atoms with van der Waals surface area (Å²) in [5.41, 5.74) is 0. The lowest BCUT2D eigenvalue weighted by atomic mass is 9.91. The van der Waals surface area contributed by atoms with Gasteiger partial charge >= 0.3 is 0 Å². The molecule has 1 N–H and O–H groups in total. The van der Waals surface area contributed by atoms with E-state index in [1.807, 2.05) is 0 Å². The summed E-state index contributed by atoms with van der Waals surface area (Å²) in [6.07, 6.45) is 8.81. The predicted molar refractivity (Wildman–Crippen MR) is 65.7 cm³/mol. The monoisotopic (exact) mass is 208 g/mol. The highest BCUT2D eigenvalue weighted by Crippen LogP contribution is 2.18. The van der Waals surface area contributed by atoms with Crippen LogP contribution >= 0.6 is 0 Å². The topological polar surface area (TPSA) is 15.3 Å². The fraction of sp³-hybridized carbons (Fsp3) is 0.846. The van der Waals surface area contributed by atoms with Crippen molar-refractivity contribution in [2.24, 2.45) is 5.92 Å². The second kappa shape index (κ2) is 6.15. The first-order valence-electron chi connectivity index (χ1n) is 6.01. The molecule has 0 aromatic heterocycles. The minimum atomic E-state index is 0.442. The summed E-state index contributed by atoms with van der Waals surface area (Å²) in [6.45, 7) is 6.93. The molecular weight excluding hydrogens is 184 g/mol. The largest absolute Gasteiger partial charge is 0.311 e. The molecule has 3 atom stereocenters. The SMILES string of the molecule is C#CCC(C)NC(C)C1CCCN(C)C1. The molecule has 0 saturated carbocycles. The van der Waals surface area contributed by atoms with E-state index in [0.717, 1.165) is 12.3 Å². The van der Waals surface area contributed by atoms with Gasteiger partial charge in [-0.2, -0.15) is 0 Å². The van der Waals surface area contributed by atoms with E-state index in [-0.39, 0.29) is 0 Å². The van der Waals surface area contributed by atoms with Crippen molar-refractivity contribution in [3.8, 4) is 12.3 Å². The van der Waals surface area contributed by atoms with Crippen molar-refractivity contribution in [2.45, 2.75) is 45.2 Å². The van der Waals surface area contributed by atoms with Gasteiger partial charge in [-0.3, -0.25) is 0 Å². The van der Waals surface area contributed by atoms with E-state index in [1.54, 1.807) is 0 Å². The maximum absolute atomic E-state index is 5.31. The molecule has 0 spiro atoms. The van der Waals surface area contributed by atoms with Gasteiger partial charge in [0.05, 0.1) is 0 Å². The van der Waals surface area contributed by atoms with E-state index in [9.17, 15) is 0 Å². The Morgan fingerprint density at radius 3 is 2.87 bits per heavy atom. The van der Waals surface area contributed by atoms with Gasteiger partial charge in [0.25, 0.3) is 0 Å². The van der Waals surface area contributed by atoms with E-state index in [4.69, 9.17) is 6.42 Å². The zero-order chi connectivity index (χ0) is 11.3. The first kappa shape index (κ1) is 12.5. The Morgan fingerprint density at radius 1 is 1.53 bits per heavy atom. The number of piperidine rings is 1. The molecule has 0 amide bonds. The average molecular weight is 208 g/mol. The molecule has 1 rings (SSSR count). The van der Waals surface area contributed by atoms with Gasteiger partial charge in [-0.1, -0.05) is 0 Å². The summed E-state index contributed by atoms with van der Waals surface area (Å²) in [7, 11) is 2.21. The van der Waals surface area contributed by atoms with Gasteiger partial charge in [0.2, 0.25) is 0 Å². The Balaban J connectivity index is 2.32. The van der Waals surface area contributed by atoms with Crippen molar-refractivity contribution in [3.63, 3.8) is 0 Å². The van der Waals surface area contributed by atoms with Crippen LogP contribution in [0.2, 0.25) is 0 Å².